The van der Waals surface area contributed by atoms with Gasteiger partial charge < -0.3 is 29.0 Å². The molecule has 2 aliphatic heterocycles. The van der Waals surface area contributed by atoms with E-state index in [1.54, 1.807) is 35.2 Å². The SMILES string of the molecule is C#CCN1C(=O)COc2cc(F)c(N=c3snc4n3CC(C)(C)C4)cc21.COc1nc(C)nc(NC(=O)NS(=O)(=O)c2cc(I)ccc2C(=O)O)n1.O=C(O)COc1ccc(Cl)c2cccnc12. The fourth-order valence-corrected chi connectivity index (χ4v) is 9.23. The minimum atomic E-state index is -4.45. The highest BCUT2D eigenvalue weighted by Gasteiger charge is 2.32. The Kier molecular flexibility index (Phi) is 15.8. The number of urea groups is 1. The van der Waals surface area contributed by atoms with Crippen LogP contribution < -0.4 is 34.0 Å². The summed E-state index contributed by atoms with van der Waals surface area (Å²) in [6.45, 7) is 6.18. The molecule has 0 bridgehead atoms. The van der Waals surface area contributed by atoms with Crippen LogP contribution in [0.1, 0.15) is 35.9 Å². The smallest absolute Gasteiger partial charge is 0.341 e. The number of amides is 3. The molecule has 0 atom stereocenters. The summed E-state index contributed by atoms with van der Waals surface area (Å²) >= 11 is 9.04. The van der Waals surface area contributed by atoms with E-state index in [1.807, 2.05) is 27.2 Å². The third-order valence-corrected chi connectivity index (χ3v) is 12.4. The van der Waals surface area contributed by atoms with Gasteiger partial charge in [0.1, 0.15) is 39.2 Å². The molecular formula is C42H37ClFIN10O11S2. The second kappa shape index (κ2) is 21.3. The lowest BCUT2D eigenvalue weighted by Crippen LogP contribution is -2.39. The maximum Gasteiger partial charge on any atom is 0.341 e. The van der Waals surface area contributed by atoms with E-state index in [9.17, 15) is 32.0 Å². The molecule has 3 aromatic heterocycles. The second-order valence-corrected chi connectivity index (χ2v) is 19.0. The van der Waals surface area contributed by atoms with Crippen molar-refractivity contribution in [3.63, 3.8) is 0 Å². The molecule has 3 aromatic carbocycles. The molecular weight excluding hydrogens is 1070 g/mol. The van der Waals surface area contributed by atoms with Gasteiger partial charge in [0, 0.05) is 45.7 Å². The number of fused-ring (bicyclic) bond motifs is 3. The number of rotatable bonds is 10. The van der Waals surface area contributed by atoms with E-state index < -0.39 is 50.9 Å². The molecule has 4 N–H and O–H groups in total. The normalized spacial score (nSPS) is 13.6. The number of halogens is 3. The molecule has 0 saturated carbocycles. The lowest BCUT2D eigenvalue weighted by molar-refractivity contribution is -0.139. The van der Waals surface area contributed by atoms with Crippen molar-refractivity contribution in [2.75, 3.05) is 37.1 Å². The Bertz CT molecular complexity index is 3200. The summed E-state index contributed by atoms with van der Waals surface area (Å²) in [5, 5.41) is 21.1. The van der Waals surface area contributed by atoms with E-state index >= 15 is 0 Å². The third kappa shape index (κ3) is 12.3. The van der Waals surface area contributed by atoms with E-state index in [0.717, 1.165) is 36.3 Å². The average Bonchev–Trinajstić information content (AvgIpc) is 3.79. The van der Waals surface area contributed by atoms with E-state index in [4.69, 9.17) is 42.4 Å². The summed E-state index contributed by atoms with van der Waals surface area (Å²) < 4.78 is 63.2. The second-order valence-electron chi connectivity index (χ2n) is 15.0. The number of carbonyl (C=O) groups excluding carboxylic acids is 2. The van der Waals surface area contributed by atoms with Crippen LogP contribution in [0.4, 0.5) is 26.5 Å². The molecule has 21 nitrogen and oxygen atoms in total. The predicted octanol–water partition coefficient (Wildman–Crippen LogP) is 5.61. The number of carboxylic acid groups (broad SMARTS) is 2. The zero-order chi connectivity index (χ0) is 49.5. The monoisotopic (exact) mass is 1100 g/mol. The van der Waals surface area contributed by atoms with Crippen molar-refractivity contribution in [1.29, 1.82) is 0 Å². The molecule has 0 saturated heterocycles. The standard InChI is InChI=1S/C18H17FN4O2S.C13H12IN5O6S.C11H8ClNO3/c1-4-5-22-13-7-12(11(19)6-14(13)25-9-16(22)24)20-17-23-10-18(2,3)8-15(23)21-26-17;1-6-15-11(18-13(16-6)25-2)17-12(22)19-26(23,24)9-5-7(14)3-4-8(9)10(20)21;12-8-3-4-9(16-6-10(14)15)11-7(8)2-1-5-13-11/h1,6-7H,5,8-10H2,2-3H3;3-5H,1-2H3,(H,20,21)(H2,15,16,17,18,19,22);1-5H,6H2,(H,14,15). The number of pyridine rings is 1. The lowest BCUT2D eigenvalue weighted by Gasteiger charge is -2.28. The molecule has 0 radical (unpaired) electrons. The van der Waals surface area contributed by atoms with Crippen LogP contribution in [0.5, 0.6) is 17.5 Å². The van der Waals surface area contributed by atoms with Gasteiger partial charge in [-0.1, -0.05) is 31.4 Å². The van der Waals surface area contributed by atoms with Gasteiger partial charge in [0.25, 0.3) is 15.9 Å². The molecule has 5 heterocycles. The van der Waals surface area contributed by atoms with Gasteiger partial charge >= 0.3 is 24.0 Å². The Morgan fingerprint density at radius 3 is 2.60 bits per heavy atom. The van der Waals surface area contributed by atoms with Gasteiger partial charge in [-0.25, -0.2) is 36.9 Å². The number of methoxy groups -OCH3 is 1. The zero-order valence-corrected chi connectivity index (χ0v) is 40.5. The van der Waals surface area contributed by atoms with Gasteiger partial charge in [0.2, 0.25) is 10.7 Å². The third-order valence-electron chi connectivity index (χ3n) is 9.29. The van der Waals surface area contributed by atoms with Crippen LogP contribution in [0.25, 0.3) is 10.9 Å². The van der Waals surface area contributed by atoms with Crippen molar-refractivity contribution in [2.24, 2.45) is 10.4 Å². The summed E-state index contributed by atoms with van der Waals surface area (Å²) in [6.07, 6.45) is 7.82. The van der Waals surface area contributed by atoms with Crippen LogP contribution >= 0.6 is 45.7 Å². The number of terminal acetylenes is 1. The fraction of sp³-hybridized carbons (Fsp3) is 0.238. The first-order valence-corrected chi connectivity index (χ1v) is 23.2. The summed E-state index contributed by atoms with van der Waals surface area (Å²) in [6, 6.07) is 12.0. The molecule has 8 rings (SSSR count). The van der Waals surface area contributed by atoms with Gasteiger partial charge in [0.15, 0.2) is 19.0 Å². The van der Waals surface area contributed by atoms with Gasteiger partial charge in [-0.05, 0) is 83.5 Å². The summed E-state index contributed by atoms with van der Waals surface area (Å²) in [5.74, 6) is 0.871. The van der Waals surface area contributed by atoms with E-state index in [-0.39, 0.29) is 47.9 Å². The number of hydrogen-bond acceptors (Lipinski definition) is 16. The number of carbonyl (C=O) groups is 4. The topological polar surface area (TPSA) is 280 Å². The average molecular weight is 1100 g/mol. The van der Waals surface area contributed by atoms with Gasteiger partial charge in [-0.3, -0.25) is 20.0 Å². The zero-order valence-electron chi connectivity index (χ0n) is 36.0. The Morgan fingerprint density at radius 1 is 1.13 bits per heavy atom. The Morgan fingerprint density at radius 2 is 1.90 bits per heavy atom. The number of aromatic nitrogens is 6. The number of aryl methyl sites for hydroxylation is 1. The van der Waals surface area contributed by atoms with Crippen LogP contribution in [0.2, 0.25) is 5.02 Å². The number of anilines is 2. The number of aromatic carboxylic acids is 1. The first-order chi connectivity index (χ1) is 32.2. The van der Waals surface area contributed by atoms with Crippen molar-refractivity contribution in [3.8, 4) is 29.9 Å². The molecule has 2 aliphatic rings. The quantitative estimate of drug-likeness (QED) is 0.0958. The maximum atomic E-state index is 14.5. The van der Waals surface area contributed by atoms with Crippen LogP contribution in [0.3, 0.4) is 0 Å². The largest absolute Gasteiger partial charge is 0.481 e. The van der Waals surface area contributed by atoms with Gasteiger partial charge in [-0.15, -0.1) is 6.42 Å². The van der Waals surface area contributed by atoms with Crippen LogP contribution in [-0.2, 0) is 32.6 Å². The number of aliphatic carboxylic acids is 1. The number of carboxylic acids is 2. The number of ether oxygens (including phenoxy) is 3. The molecule has 0 fully saturated rings. The van der Waals surface area contributed by atoms with Gasteiger partial charge in [0.05, 0.1) is 29.9 Å². The van der Waals surface area contributed by atoms with Crippen molar-refractivity contribution in [2.45, 2.75) is 38.6 Å². The van der Waals surface area contributed by atoms with Crippen LogP contribution in [0, 0.1) is 34.1 Å². The molecule has 26 heteroatoms. The number of sulfonamides is 1. The molecule has 0 spiro atoms. The van der Waals surface area contributed by atoms with Crippen molar-refractivity contribution >= 4 is 108 Å². The number of nitrogens with zero attached hydrogens (tertiary/aromatic N) is 8. The number of benzene rings is 3. The highest BCUT2D eigenvalue weighted by atomic mass is 127. The maximum absolute atomic E-state index is 14.5. The van der Waals surface area contributed by atoms with Crippen molar-refractivity contribution in [1.82, 2.24) is 33.6 Å². The highest BCUT2D eigenvalue weighted by molar-refractivity contribution is 14.1. The first-order valence-electron chi connectivity index (χ1n) is 19.5. The minimum absolute atomic E-state index is 0.0681. The minimum Gasteiger partial charge on any atom is -0.481 e. The first kappa shape index (κ1) is 50.4. The van der Waals surface area contributed by atoms with Gasteiger partial charge in [-0.2, -0.15) is 19.3 Å². The fourth-order valence-electron chi connectivity index (χ4n) is 6.42. The van der Waals surface area contributed by atoms with Crippen LogP contribution in [0.15, 0.2) is 70.7 Å². The Balaban J connectivity index is 0.000000173. The lowest BCUT2D eigenvalue weighted by atomic mass is 9.92. The van der Waals surface area contributed by atoms with E-state index in [1.165, 1.54) is 48.7 Å². The van der Waals surface area contributed by atoms with Crippen LogP contribution in [-0.4, -0.2) is 98.3 Å². The van der Waals surface area contributed by atoms with E-state index in [2.05, 4.69) is 54.4 Å². The molecule has 6 aromatic rings. The molecule has 0 aliphatic carbocycles. The van der Waals surface area contributed by atoms with Crippen molar-refractivity contribution in [3.05, 3.63) is 97.2 Å². The number of hydrogen-bond donors (Lipinski definition) is 4. The Hall–Kier alpha value is -7.02. The molecule has 354 valence electrons. The highest BCUT2D eigenvalue weighted by Crippen LogP contribution is 2.38. The summed E-state index contributed by atoms with van der Waals surface area (Å²) in [4.78, 5) is 67.1. The molecule has 3 amide bonds. The van der Waals surface area contributed by atoms with E-state index in [0.29, 0.717) is 36.1 Å². The summed E-state index contributed by atoms with van der Waals surface area (Å²) in [5.41, 5.74) is 0.775. The van der Waals surface area contributed by atoms with Crippen molar-refractivity contribution < 1.29 is 56.4 Å². The molecule has 68 heavy (non-hydrogen) atoms. The Labute approximate surface area is 408 Å². The number of nitrogens with one attached hydrogen (secondary N) is 2. The summed E-state index contributed by atoms with van der Waals surface area (Å²) in [7, 11) is -3.14. The predicted molar refractivity (Wildman–Crippen MR) is 252 cm³/mol. The molecule has 0 unspecified atom stereocenters.